The summed E-state index contributed by atoms with van der Waals surface area (Å²) in [4.78, 5) is 21.1. The van der Waals surface area contributed by atoms with E-state index in [9.17, 15) is 4.39 Å². The molecule has 0 bridgehead atoms. The lowest BCUT2D eigenvalue weighted by molar-refractivity contribution is 0.405. The first-order chi connectivity index (χ1) is 15.6. The highest BCUT2D eigenvalue weighted by atomic mass is 19.1. The molecular formula is C22H24FN9. The Balaban J connectivity index is 1.29. The minimum absolute atomic E-state index is 0.350. The average Bonchev–Trinajstić information content (AvgIpc) is 3.26. The van der Waals surface area contributed by atoms with Crippen LogP contribution in [-0.4, -0.2) is 61.6 Å². The molecule has 32 heavy (non-hydrogen) atoms. The number of halogens is 1. The second-order valence-corrected chi connectivity index (χ2v) is 8.11. The number of hydrogen-bond acceptors (Lipinski definition) is 8. The van der Waals surface area contributed by atoms with E-state index in [2.05, 4.69) is 35.1 Å². The van der Waals surface area contributed by atoms with E-state index < -0.39 is 0 Å². The van der Waals surface area contributed by atoms with E-state index in [1.165, 1.54) is 6.33 Å². The minimum atomic E-state index is -0.350. The Morgan fingerprint density at radius 3 is 2.56 bits per heavy atom. The molecule has 0 amide bonds. The van der Waals surface area contributed by atoms with E-state index in [0.29, 0.717) is 28.6 Å². The average molecular weight is 433 g/mol. The van der Waals surface area contributed by atoms with Gasteiger partial charge in [0.1, 0.15) is 12.7 Å². The first-order valence-corrected chi connectivity index (χ1v) is 10.7. The molecule has 1 aliphatic rings. The summed E-state index contributed by atoms with van der Waals surface area (Å²) in [7, 11) is 1.88. The van der Waals surface area contributed by atoms with Crippen molar-refractivity contribution in [3.05, 3.63) is 54.5 Å². The van der Waals surface area contributed by atoms with Crippen molar-refractivity contribution in [1.29, 1.82) is 0 Å². The van der Waals surface area contributed by atoms with Crippen LogP contribution in [-0.2, 0) is 0 Å². The second kappa shape index (κ2) is 8.45. The third-order valence-corrected chi connectivity index (χ3v) is 5.97. The summed E-state index contributed by atoms with van der Waals surface area (Å²) in [5.41, 5.74) is 2.67. The predicted octanol–water partition coefficient (Wildman–Crippen LogP) is 2.80. The van der Waals surface area contributed by atoms with Crippen molar-refractivity contribution in [1.82, 2.24) is 34.9 Å². The molecule has 164 valence electrons. The molecule has 0 N–H and O–H groups in total. The summed E-state index contributed by atoms with van der Waals surface area (Å²) in [5.74, 6) is 1.25. The Labute approximate surface area is 185 Å². The van der Waals surface area contributed by atoms with Gasteiger partial charge in [0, 0.05) is 26.7 Å². The molecule has 0 radical (unpaired) electrons. The molecule has 0 spiro atoms. The van der Waals surface area contributed by atoms with E-state index in [4.69, 9.17) is 0 Å². The molecule has 0 aliphatic carbocycles. The van der Waals surface area contributed by atoms with Crippen LogP contribution in [0.2, 0.25) is 0 Å². The highest BCUT2D eigenvalue weighted by molar-refractivity contribution is 5.83. The summed E-state index contributed by atoms with van der Waals surface area (Å²) in [5, 5.41) is 8.68. The van der Waals surface area contributed by atoms with Gasteiger partial charge >= 0.3 is 0 Å². The molecule has 10 heteroatoms. The molecule has 0 atom stereocenters. The normalized spacial score (nSPS) is 14.8. The molecule has 3 aromatic heterocycles. The standard InChI is InChI=1S/C22H24FN9/c1-15-18(23)20(25-13-24-15)30(2)12-16-8-10-31(11-9-16)21-19-22(27-14-26-21)32(29-28-19)17-6-4-3-5-7-17/h3-7,13-14,16H,8-12H2,1-2H3. The third kappa shape index (κ3) is 3.72. The Bertz CT molecular complexity index is 1220. The second-order valence-electron chi connectivity index (χ2n) is 8.11. The SMILES string of the molecule is Cc1ncnc(N(C)CC2CCN(c3ncnc4c3nnn4-c3ccccc3)CC2)c1F. The van der Waals surface area contributed by atoms with Gasteiger partial charge in [0.2, 0.25) is 0 Å². The number of aromatic nitrogens is 7. The Hall–Kier alpha value is -3.69. The van der Waals surface area contributed by atoms with Crippen LogP contribution in [0.3, 0.4) is 0 Å². The van der Waals surface area contributed by atoms with E-state index in [1.54, 1.807) is 17.9 Å². The van der Waals surface area contributed by atoms with E-state index >= 15 is 0 Å². The Morgan fingerprint density at radius 1 is 1.03 bits per heavy atom. The van der Waals surface area contributed by atoms with Gasteiger partial charge in [0.05, 0.1) is 11.4 Å². The Morgan fingerprint density at radius 2 is 1.78 bits per heavy atom. The summed E-state index contributed by atoms with van der Waals surface area (Å²) in [6.07, 6.45) is 4.92. The van der Waals surface area contributed by atoms with Gasteiger partial charge in [-0.2, -0.15) is 4.68 Å². The smallest absolute Gasteiger partial charge is 0.189 e. The van der Waals surface area contributed by atoms with Crippen LogP contribution in [0.15, 0.2) is 43.0 Å². The van der Waals surface area contributed by atoms with Gasteiger partial charge in [-0.1, -0.05) is 23.4 Å². The molecule has 1 aliphatic heterocycles. The van der Waals surface area contributed by atoms with Crippen molar-refractivity contribution < 1.29 is 4.39 Å². The fourth-order valence-electron chi connectivity index (χ4n) is 4.22. The monoisotopic (exact) mass is 433 g/mol. The number of benzene rings is 1. The summed E-state index contributed by atoms with van der Waals surface area (Å²) in [6, 6.07) is 9.83. The molecule has 4 aromatic rings. The van der Waals surface area contributed by atoms with Gasteiger partial charge in [-0.05, 0) is 37.8 Å². The third-order valence-electron chi connectivity index (χ3n) is 5.97. The maximum Gasteiger partial charge on any atom is 0.189 e. The predicted molar refractivity (Wildman–Crippen MR) is 119 cm³/mol. The topological polar surface area (TPSA) is 88.8 Å². The van der Waals surface area contributed by atoms with Gasteiger partial charge in [0.25, 0.3) is 0 Å². The summed E-state index contributed by atoms with van der Waals surface area (Å²) in [6.45, 7) is 4.08. The molecule has 1 aromatic carbocycles. The van der Waals surface area contributed by atoms with Crippen molar-refractivity contribution in [3.63, 3.8) is 0 Å². The lowest BCUT2D eigenvalue weighted by atomic mass is 9.96. The van der Waals surface area contributed by atoms with Gasteiger partial charge in [-0.15, -0.1) is 5.10 Å². The van der Waals surface area contributed by atoms with Gasteiger partial charge in [-0.3, -0.25) is 0 Å². The number of nitrogens with zero attached hydrogens (tertiary/aromatic N) is 9. The molecule has 0 saturated carbocycles. The molecule has 4 heterocycles. The van der Waals surface area contributed by atoms with Gasteiger partial charge in [-0.25, -0.2) is 24.3 Å². The van der Waals surface area contributed by atoms with Crippen LogP contribution >= 0.6 is 0 Å². The van der Waals surface area contributed by atoms with Crippen LogP contribution in [0.1, 0.15) is 18.5 Å². The highest BCUT2D eigenvalue weighted by Gasteiger charge is 2.25. The number of anilines is 2. The minimum Gasteiger partial charge on any atom is -0.357 e. The maximum atomic E-state index is 14.4. The van der Waals surface area contributed by atoms with Crippen LogP contribution in [0, 0.1) is 18.7 Å². The molecule has 1 fully saturated rings. The zero-order chi connectivity index (χ0) is 22.1. The van der Waals surface area contributed by atoms with Crippen molar-refractivity contribution in [2.24, 2.45) is 5.92 Å². The molecule has 9 nitrogen and oxygen atoms in total. The number of hydrogen-bond donors (Lipinski definition) is 0. The number of piperidine rings is 1. The van der Waals surface area contributed by atoms with Crippen LogP contribution in [0.5, 0.6) is 0 Å². The zero-order valence-corrected chi connectivity index (χ0v) is 18.1. The number of rotatable bonds is 5. The van der Waals surface area contributed by atoms with Crippen LogP contribution in [0.25, 0.3) is 16.9 Å². The number of fused-ring (bicyclic) bond motifs is 1. The van der Waals surface area contributed by atoms with Crippen LogP contribution < -0.4 is 9.80 Å². The van der Waals surface area contributed by atoms with Gasteiger partial charge < -0.3 is 9.80 Å². The quantitative estimate of drug-likeness (QED) is 0.475. The molecule has 5 rings (SSSR count). The van der Waals surface area contributed by atoms with E-state index in [1.807, 2.05) is 42.3 Å². The first kappa shape index (κ1) is 20.2. The van der Waals surface area contributed by atoms with Crippen molar-refractivity contribution >= 4 is 22.8 Å². The van der Waals surface area contributed by atoms with Crippen molar-refractivity contribution in [2.45, 2.75) is 19.8 Å². The van der Waals surface area contributed by atoms with E-state index in [-0.39, 0.29) is 5.82 Å². The van der Waals surface area contributed by atoms with Crippen molar-refractivity contribution in [3.8, 4) is 5.69 Å². The van der Waals surface area contributed by atoms with E-state index in [0.717, 1.165) is 44.0 Å². The highest BCUT2D eigenvalue weighted by Crippen LogP contribution is 2.28. The van der Waals surface area contributed by atoms with Gasteiger partial charge in [0.15, 0.2) is 28.6 Å². The zero-order valence-electron chi connectivity index (χ0n) is 18.1. The molecule has 0 unspecified atom stereocenters. The van der Waals surface area contributed by atoms with Crippen LogP contribution in [0.4, 0.5) is 16.0 Å². The fraction of sp³-hybridized carbons (Fsp3) is 0.364. The maximum absolute atomic E-state index is 14.4. The molecular weight excluding hydrogens is 409 g/mol. The summed E-state index contributed by atoms with van der Waals surface area (Å²) >= 11 is 0. The largest absolute Gasteiger partial charge is 0.357 e. The lowest BCUT2D eigenvalue weighted by Crippen LogP contribution is -2.38. The fourth-order valence-corrected chi connectivity index (χ4v) is 4.22. The number of para-hydroxylation sites is 1. The van der Waals surface area contributed by atoms with Crippen molar-refractivity contribution in [2.75, 3.05) is 36.5 Å². The number of aryl methyl sites for hydroxylation is 1. The summed E-state index contributed by atoms with van der Waals surface area (Å²) < 4.78 is 16.1. The first-order valence-electron chi connectivity index (χ1n) is 10.7. The lowest BCUT2D eigenvalue weighted by Gasteiger charge is -2.34. The Kier molecular flexibility index (Phi) is 5.34. The molecule has 1 saturated heterocycles.